The maximum atomic E-state index is 5.88. The third-order valence-electron chi connectivity index (χ3n) is 3.14. The lowest BCUT2D eigenvalue weighted by Gasteiger charge is -2.24. The van der Waals surface area contributed by atoms with Gasteiger partial charge >= 0.3 is 0 Å². The van der Waals surface area contributed by atoms with Crippen LogP contribution in [0.15, 0.2) is 24.4 Å². The number of rotatable bonds is 4. The van der Waals surface area contributed by atoms with Gasteiger partial charge < -0.3 is 10.1 Å². The Morgan fingerprint density at radius 3 is 2.82 bits per heavy atom. The molecule has 1 fully saturated rings. The maximum absolute atomic E-state index is 5.88. The van der Waals surface area contributed by atoms with Crippen LogP contribution < -0.4 is 5.32 Å². The van der Waals surface area contributed by atoms with Crippen molar-refractivity contribution in [2.75, 3.05) is 19.7 Å². The number of nitrogens with zero attached hydrogens (tertiary/aromatic N) is 1. The standard InChI is InChI=1S/C13H20N2O.ClH/c1-11(13-4-2-3-7-15-13)16-10-12-5-8-14-9-6-12;/h2-4,7,11-12,14H,5-6,8-10H2,1H3;1H. The van der Waals surface area contributed by atoms with Crippen molar-refractivity contribution < 1.29 is 4.74 Å². The van der Waals surface area contributed by atoms with Crippen LogP contribution in [0, 0.1) is 5.92 Å². The van der Waals surface area contributed by atoms with Crippen LogP contribution in [0.25, 0.3) is 0 Å². The summed E-state index contributed by atoms with van der Waals surface area (Å²) in [6, 6.07) is 5.96. The van der Waals surface area contributed by atoms with Crippen molar-refractivity contribution in [3.8, 4) is 0 Å². The molecule has 0 amide bonds. The van der Waals surface area contributed by atoms with E-state index in [1.54, 1.807) is 0 Å². The number of ether oxygens (including phenoxy) is 1. The van der Waals surface area contributed by atoms with Crippen molar-refractivity contribution in [2.24, 2.45) is 5.92 Å². The quantitative estimate of drug-likeness (QED) is 0.899. The van der Waals surface area contributed by atoms with Crippen LogP contribution in [0.4, 0.5) is 0 Å². The van der Waals surface area contributed by atoms with Gasteiger partial charge in [-0.3, -0.25) is 4.98 Å². The first-order valence-electron chi connectivity index (χ1n) is 6.09. The van der Waals surface area contributed by atoms with E-state index in [1.165, 1.54) is 12.8 Å². The van der Waals surface area contributed by atoms with E-state index < -0.39 is 0 Å². The fourth-order valence-electron chi connectivity index (χ4n) is 2.03. The van der Waals surface area contributed by atoms with Crippen LogP contribution in [-0.4, -0.2) is 24.7 Å². The fraction of sp³-hybridized carbons (Fsp3) is 0.615. The molecule has 96 valence electrons. The molecule has 1 aliphatic heterocycles. The highest BCUT2D eigenvalue weighted by Gasteiger charge is 2.15. The van der Waals surface area contributed by atoms with Crippen molar-refractivity contribution in [1.29, 1.82) is 0 Å². The van der Waals surface area contributed by atoms with Gasteiger partial charge in [0.05, 0.1) is 18.4 Å². The van der Waals surface area contributed by atoms with E-state index in [1.807, 2.05) is 24.4 Å². The van der Waals surface area contributed by atoms with Crippen LogP contribution in [0.5, 0.6) is 0 Å². The monoisotopic (exact) mass is 256 g/mol. The van der Waals surface area contributed by atoms with Gasteiger partial charge in [0.1, 0.15) is 0 Å². The molecule has 2 rings (SSSR count). The molecule has 1 aromatic rings. The highest BCUT2D eigenvalue weighted by Crippen LogP contribution is 2.18. The minimum Gasteiger partial charge on any atom is -0.372 e. The lowest BCUT2D eigenvalue weighted by molar-refractivity contribution is 0.0297. The Morgan fingerprint density at radius 2 is 2.18 bits per heavy atom. The summed E-state index contributed by atoms with van der Waals surface area (Å²) >= 11 is 0. The molecule has 0 spiro atoms. The van der Waals surface area contributed by atoms with E-state index in [2.05, 4.69) is 17.2 Å². The summed E-state index contributed by atoms with van der Waals surface area (Å²) < 4.78 is 5.88. The first-order chi connectivity index (χ1) is 7.86. The normalized spacial score (nSPS) is 18.4. The van der Waals surface area contributed by atoms with Crippen LogP contribution >= 0.6 is 12.4 Å². The van der Waals surface area contributed by atoms with Crippen LogP contribution in [-0.2, 0) is 4.74 Å². The largest absolute Gasteiger partial charge is 0.372 e. The van der Waals surface area contributed by atoms with Gasteiger partial charge in [-0.25, -0.2) is 0 Å². The third kappa shape index (κ3) is 4.62. The molecule has 0 aliphatic carbocycles. The summed E-state index contributed by atoms with van der Waals surface area (Å²) in [6.45, 7) is 5.20. The highest BCUT2D eigenvalue weighted by atomic mass is 35.5. The lowest BCUT2D eigenvalue weighted by Crippen LogP contribution is -2.30. The van der Waals surface area contributed by atoms with Crippen molar-refractivity contribution >= 4 is 12.4 Å². The zero-order chi connectivity index (χ0) is 11.2. The summed E-state index contributed by atoms with van der Waals surface area (Å²) in [6.07, 6.45) is 4.39. The number of aromatic nitrogens is 1. The summed E-state index contributed by atoms with van der Waals surface area (Å²) in [5, 5.41) is 3.37. The number of pyridine rings is 1. The van der Waals surface area contributed by atoms with Crippen LogP contribution in [0.2, 0.25) is 0 Å². The molecule has 1 unspecified atom stereocenters. The van der Waals surface area contributed by atoms with E-state index in [0.717, 1.165) is 25.4 Å². The number of hydrogen-bond acceptors (Lipinski definition) is 3. The summed E-state index contributed by atoms with van der Waals surface area (Å²) in [7, 11) is 0. The Balaban J connectivity index is 0.00000144. The summed E-state index contributed by atoms with van der Waals surface area (Å²) in [4.78, 5) is 4.31. The number of nitrogens with one attached hydrogen (secondary N) is 1. The molecule has 2 heterocycles. The van der Waals surface area contributed by atoms with Crippen LogP contribution in [0.3, 0.4) is 0 Å². The van der Waals surface area contributed by atoms with E-state index in [4.69, 9.17) is 4.74 Å². The molecule has 1 aromatic heterocycles. The Labute approximate surface area is 109 Å². The SMILES string of the molecule is CC(OCC1CCNCC1)c1ccccn1.Cl. The third-order valence-corrected chi connectivity index (χ3v) is 3.14. The lowest BCUT2D eigenvalue weighted by atomic mass is 9.99. The minimum absolute atomic E-state index is 0. The fourth-order valence-corrected chi connectivity index (χ4v) is 2.03. The zero-order valence-electron chi connectivity index (χ0n) is 10.3. The number of hydrogen-bond donors (Lipinski definition) is 1. The van der Waals surface area contributed by atoms with Crippen molar-refractivity contribution in [3.63, 3.8) is 0 Å². The molecule has 4 heteroatoms. The topological polar surface area (TPSA) is 34.1 Å². The minimum atomic E-state index is 0. The van der Waals surface area contributed by atoms with Crippen molar-refractivity contribution in [3.05, 3.63) is 30.1 Å². The Morgan fingerprint density at radius 1 is 1.41 bits per heavy atom. The van der Waals surface area contributed by atoms with Gasteiger partial charge in [0.15, 0.2) is 0 Å². The summed E-state index contributed by atoms with van der Waals surface area (Å²) in [5.41, 5.74) is 1.02. The van der Waals surface area contributed by atoms with Crippen LogP contribution in [0.1, 0.15) is 31.6 Å². The smallest absolute Gasteiger partial charge is 0.0966 e. The van der Waals surface area contributed by atoms with Crippen molar-refractivity contribution in [1.82, 2.24) is 10.3 Å². The Hall–Kier alpha value is -0.640. The molecule has 0 bridgehead atoms. The summed E-state index contributed by atoms with van der Waals surface area (Å²) in [5.74, 6) is 0.715. The van der Waals surface area contributed by atoms with Crippen molar-refractivity contribution in [2.45, 2.75) is 25.9 Å². The van der Waals surface area contributed by atoms with E-state index >= 15 is 0 Å². The van der Waals surface area contributed by atoms with Gasteiger partial charge in [0.25, 0.3) is 0 Å². The van der Waals surface area contributed by atoms with Gasteiger partial charge in [0.2, 0.25) is 0 Å². The molecular weight excluding hydrogens is 236 g/mol. The Bertz CT molecular complexity index is 302. The molecular formula is C13H21ClN2O. The van der Waals surface area contributed by atoms with Gasteiger partial charge in [-0.1, -0.05) is 6.07 Å². The molecule has 1 aliphatic rings. The average Bonchev–Trinajstić information content (AvgIpc) is 2.38. The first kappa shape index (κ1) is 14.4. The highest BCUT2D eigenvalue weighted by molar-refractivity contribution is 5.85. The second-order valence-electron chi connectivity index (χ2n) is 4.42. The predicted octanol–water partition coefficient (Wildman–Crippen LogP) is 2.58. The van der Waals surface area contributed by atoms with Gasteiger partial charge in [0, 0.05) is 6.20 Å². The molecule has 0 saturated carbocycles. The average molecular weight is 257 g/mol. The molecule has 3 nitrogen and oxygen atoms in total. The molecule has 0 radical (unpaired) electrons. The molecule has 1 N–H and O–H groups in total. The first-order valence-corrected chi connectivity index (χ1v) is 6.09. The van der Waals surface area contributed by atoms with E-state index in [9.17, 15) is 0 Å². The van der Waals surface area contributed by atoms with Gasteiger partial charge in [-0.2, -0.15) is 0 Å². The molecule has 17 heavy (non-hydrogen) atoms. The number of halogens is 1. The van der Waals surface area contributed by atoms with Gasteiger partial charge in [-0.15, -0.1) is 12.4 Å². The number of piperidine rings is 1. The Kier molecular flexibility index (Phi) is 6.48. The predicted molar refractivity (Wildman–Crippen MR) is 71.4 cm³/mol. The molecule has 0 aromatic carbocycles. The van der Waals surface area contributed by atoms with Gasteiger partial charge in [-0.05, 0) is 50.9 Å². The maximum Gasteiger partial charge on any atom is 0.0966 e. The molecule has 1 atom stereocenters. The van der Waals surface area contributed by atoms with E-state index in [-0.39, 0.29) is 18.5 Å². The molecule has 1 saturated heterocycles. The second-order valence-corrected chi connectivity index (χ2v) is 4.42. The van der Waals surface area contributed by atoms with E-state index in [0.29, 0.717) is 5.92 Å². The second kappa shape index (κ2) is 7.64. The zero-order valence-corrected chi connectivity index (χ0v) is 11.1.